The fourth-order valence-corrected chi connectivity index (χ4v) is 8.42. The molecule has 6 rings (SSSR count). The van der Waals surface area contributed by atoms with E-state index in [1.165, 1.54) is 22.4 Å². The predicted molar refractivity (Wildman–Crippen MR) is 140 cm³/mol. The minimum absolute atomic E-state index is 0.128. The third-order valence-corrected chi connectivity index (χ3v) is 11.0. The van der Waals surface area contributed by atoms with Gasteiger partial charge in [0.25, 0.3) is 0 Å². The Labute approximate surface area is 222 Å². The third-order valence-electron chi connectivity index (χ3n) is 8.50. The second kappa shape index (κ2) is 8.78. The van der Waals surface area contributed by atoms with Gasteiger partial charge < -0.3 is 0 Å². The number of nitrogens with zero attached hydrogens (tertiary/aromatic N) is 5. The lowest BCUT2D eigenvalue weighted by Crippen LogP contribution is -2.41. The van der Waals surface area contributed by atoms with Crippen molar-refractivity contribution in [2.75, 3.05) is 13.1 Å². The summed E-state index contributed by atoms with van der Waals surface area (Å²) in [5.74, 6) is 0.301. The highest BCUT2D eigenvalue weighted by atomic mass is 35.5. The van der Waals surface area contributed by atoms with Gasteiger partial charge in [-0.1, -0.05) is 24.1 Å². The SMILES string of the molecule is Cc1nn(C)c(Cl)c1S(=O)(=O)N(CC1CC1)C[C@H]1CCC2=Cc3c(cnn3-c3ccc(F)cc3)C[C@@]21C. The molecule has 10 heteroatoms. The van der Waals surface area contributed by atoms with Crippen LogP contribution in [-0.2, 0) is 23.5 Å². The molecular formula is C27H31ClFN5O2S. The van der Waals surface area contributed by atoms with E-state index >= 15 is 0 Å². The van der Waals surface area contributed by atoms with Crippen LogP contribution in [0.15, 0.2) is 40.9 Å². The molecule has 3 aliphatic carbocycles. The van der Waals surface area contributed by atoms with Gasteiger partial charge >= 0.3 is 0 Å². The Bertz CT molecular complexity index is 1510. The van der Waals surface area contributed by atoms with E-state index in [0.29, 0.717) is 24.7 Å². The van der Waals surface area contributed by atoms with Crippen molar-refractivity contribution in [2.24, 2.45) is 24.3 Å². The first-order valence-corrected chi connectivity index (χ1v) is 14.6. The maximum Gasteiger partial charge on any atom is 0.248 e. The molecule has 2 saturated carbocycles. The molecular weight excluding hydrogens is 513 g/mol. The van der Waals surface area contributed by atoms with E-state index in [4.69, 9.17) is 11.6 Å². The highest BCUT2D eigenvalue weighted by Crippen LogP contribution is 2.53. The highest BCUT2D eigenvalue weighted by Gasteiger charge is 2.48. The van der Waals surface area contributed by atoms with Crippen LogP contribution in [0.3, 0.4) is 0 Å². The molecule has 2 atom stereocenters. The molecule has 2 aromatic heterocycles. The van der Waals surface area contributed by atoms with E-state index in [1.54, 1.807) is 30.4 Å². The Morgan fingerprint density at radius 1 is 1.19 bits per heavy atom. The summed E-state index contributed by atoms with van der Waals surface area (Å²) in [6.07, 6.45) is 8.87. The van der Waals surface area contributed by atoms with Gasteiger partial charge in [0.15, 0.2) is 0 Å². The van der Waals surface area contributed by atoms with Crippen molar-refractivity contribution in [3.8, 4) is 5.69 Å². The first-order valence-electron chi connectivity index (χ1n) is 12.8. The molecule has 3 aliphatic rings. The van der Waals surface area contributed by atoms with Crippen molar-refractivity contribution in [2.45, 2.75) is 50.8 Å². The van der Waals surface area contributed by atoms with Crippen LogP contribution in [0.5, 0.6) is 0 Å². The van der Waals surface area contributed by atoms with Crippen molar-refractivity contribution >= 4 is 27.7 Å². The van der Waals surface area contributed by atoms with Gasteiger partial charge in [-0.25, -0.2) is 17.5 Å². The van der Waals surface area contributed by atoms with Crippen LogP contribution < -0.4 is 0 Å². The standard InChI is InChI=1S/C27H31ClFN5O2S/c1-17-25(26(28)32(3)31-17)37(35,36)33(15-18-4-5-18)16-21-7-6-20-12-24-19(13-27(20,21)2)14-30-34(24)23-10-8-22(29)9-11-23/h8-12,14,18,21H,4-7,13,15-16H2,1-3H3/t21-,27+/m1/s1. The zero-order chi connectivity index (χ0) is 26.1. The summed E-state index contributed by atoms with van der Waals surface area (Å²) < 4.78 is 46.3. The van der Waals surface area contributed by atoms with Gasteiger partial charge in [-0.3, -0.25) is 4.68 Å². The summed E-state index contributed by atoms with van der Waals surface area (Å²) in [5, 5.41) is 9.03. The molecule has 2 fully saturated rings. The van der Waals surface area contributed by atoms with Crippen LogP contribution in [-0.4, -0.2) is 45.4 Å². The quantitative estimate of drug-likeness (QED) is 0.412. The summed E-state index contributed by atoms with van der Waals surface area (Å²) in [6, 6.07) is 6.36. The topological polar surface area (TPSA) is 73.0 Å². The molecule has 0 spiro atoms. The number of aryl methyl sites for hydroxylation is 2. The van der Waals surface area contributed by atoms with E-state index in [2.05, 4.69) is 23.2 Å². The fourth-order valence-electron chi connectivity index (χ4n) is 6.15. The molecule has 0 aliphatic heterocycles. The Kier molecular flexibility index (Phi) is 5.89. The zero-order valence-electron chi connectivity index (χ0n) is 21.3. The number of rotatable bonds is 7. The lowest BCUT2D eigenvalue weighted by Gasteiger charge is -2.38. The van der Waals surface area contributed by atoms with Crippen molar-refractivity contribution < 1.29 is 12.8 Å². The molecule has 0 saturated heterocycles. The van der Waals surface area contributed by atoms with Crippen LogP contribution in [0.4, 0.5) is 4.39 Å². The van der Waals surface area contributed by atoms with E-state index < -0.39 is 10.0 Å². The van der Waals surface area contributed by atoms with Crippen molar-refractivity contribution in [1.29, 1.82) is 0 Å². The van der Waals surface area contributed by atoms with E-state index in [1.807, 2.05) is 10.9 Å². The largest absolute Gasteiger partial charge is 0.255 e. The fraction of sp³-hybridized carbons (Fsp3) is 0.481. The summed E-state index contributed by atoms with van der Waals surface area (Å²) in [6.45, 7) is 4.94. The van der Waals surface area contributed by atoms with Gasteiger partial charge in [-0.15, -0.1) is 0 Å². The van der Waals surface area contributed by atoms with Crippen LogP contribution >= 0.6 is 11.6 Å². The van der Waals surface area contributed by atoms with E-state index in [-0.39, 0.29) is 27.2 Å². The molecule has 0 amide bonds. The highest BCUT2D eigenvalue weighted by molar-refractivity contribution is 7.89. The molecule has 1 aromatic carbocycles. The van der Waals surface area contributed by atoms with Crippen LogP contribution in [0.1, 0.15) is 49.6 Å². The third kappa shape index (κ3) is 4.15. The minimum Gasteiger partial charge on any atom is -0.255 e. The summed E-state index contributed by atoms with van der Waals surface area (Å²) in [7, 11) is -2.13. The van der Waals surface area contributed by atoms with E-state index in [9.17, 15) is 12.8 Å². The monoisotopic (exact) mass is 543 g/mol. The maximum atomic E-state index is 13.9. The van der Waals surface area contributed by atoms with Gasteiger partial charge in [0.05, 0.1) is 23.3 Å². The Balaban J connectivity index is 1.31. The molecule has 0 radical (unpaired) electrons. The molecule has 3 aromatic rings. The lowest BCUT2D eigenvalue weighted by atomic mass is 9.70. The first-order chi connectivity index (χ1) is 17.6. The Morgan fingerprint density at radius 2 is 1.92 bits per heavy atom. The maximum absolute atomic E-state index is 13.9. The van der Waals surface area contributed by atoms with Crippen molar-refractivity contribution in [3.05, 3.63) is 64.0 Å². The van der Waals surface area contributed by atoms with Gasteiger partial charge in [0, 0.05) is 20.1 Å². The van der Waals surface area contributed by atoms with Crippen LogP contribution in [0, 0.1) is 30.0 Å². The molecule has 0 unspecified atom stereocenters. The number of sulfonamides is 1. The molecule has 2 heterocycles. The minimum atomic E-state index is -3.79. The zero-order valence-corrected chi connectivity index (χ0v) is 22.9. The Morgan fingerprint density at radius 3 is 2.57 bits per heavy atom. The smallest absolute Gasteiger partial charge is 0.248 e. The summed E-state index contributed by atoms with van der Waals surface area (Å²) >= 11 is 6.42. The number of allylic oxidation sites excluding steroid dienone is 1. The van der Waals surface area contributed by atoms with Gasteiger partial charge in [0.1, 0.15) is 15.9 Å². The first kappa shape index (κ1) is 24.8. The number of fused-ring (bicyclic) bond motifs is 2. The second-order valence-electron chi connectivity index (χ2n) is 11.0. The molecule has 37 heavy (non-hydrogen) atoms. The van der Waals surface area contributed by atoms with Gasteiger partial charge in [0.2, 0.25) is 10.0 Å². The molecule has 0 bridgehead atoms. The summed E-state index contributed by atoms with van der Waals surface area (Å²) in [4.78, 5) is 0.128. The lowest BCUT2D eigenvalue weighted by molar-refractivity contribution is 0.218. The van der Waals surface area contributed by atoms with Crippen LogP contribution in [0.25, 0.3) is 11.8 Å². The number of halogens is 2. The second-order valence-corrected chi connectivity index (χ2v) is 13.3. The van der Waals surface area contributed by atoms with Crippen LogP contribution in [0.2, 0.25) is 5.15 Å². The van der Waals surface area contributed by atoms with Crippen molar-refractivity contribution in [1.82, 2.24) is 23.9 Å². The molecule has 0 N–H and O–H groups in total. The number of aromatic nitrogens is 4. The number of benzene rings is 1. The molecule has 196 valence electrons. The van der Waals surface area contributed by atoms with Gasteiger partial charge in [-0.2, -0.15) is 14.5 Å². The molecule has 7 nitrogen and oxygen atoms in total. The predicted octanol–water partition coefficient (Wildman–Crippen LogP) is 5.16. The van der Waals surface area contributed by atoms with Crippen molar-refractivity contribution in [3.63, 3.8) is 0 Å². The van der Waals surface area contributed by atoms with E-state index in [0.717, 1.165) is 49.0 Å². The number of hydrogen-bond donors (Lipinski definition) is 0. The average Bonchev–Trinajstić information content (AvgIpc) is 3.41. The Hall–Kier alpha value is -2.49. The average molecular weight is 544 g/mol. The normalized spacial score (nSPS) is 23.3. The summed E-state index contributed by atoms with van der Waals surface area (Å²) in [5.41, 5.74) is 4.58. The van der Waals surface area contributed by atoms with Gasteiger partial charge in [-0.05, 0) is 92.2 Å². The number of hydrogen-bond acceptors (Lipinski definition) is 4.